The van der Waals surface area contributed by atoms with E-state index in [2.05, 4.69) is 5.32 Å². The van der Waals surface area contributed by atoms with Crippen LogP contribution >= 0.6 is 23.2 Å². The first-order chi connectivity index (χ1) is 18.3. The van der Waals surface area contributed by atoms with Gasteiger partial charge in [-0.15, -0.1) is 0 Å². The molecule has 3 rings (SSSR count). The number of aryl methyl sites for hydroxylation is 2. The summed E-state index contributed by atoms with van der Waals surface area (Å²) in [5, 5.41) is 3.48. The van der Waals surface area contributed by atoms with E-state index < -0.39 is 28.5 Å². The Morgan fingerprint density at radius 1 is 0.872 bits per heavy atom. The third-order valence-corrected chi connectivity index (χ3v) is 8.74. The lowest BCUT2D eigenvalue weighted by Gasteiger charge is -2.33. The molecule has 1 N–H and O–H groups in total. The number of hydrogen-bond acceptors (Lipinski definition) is 4. The number of nitrogens with zero attached hydrogens (tertiary/aromatic N) is 2. The fourth-order valence-electron chi connectivity index (χ4n) is 4.04. The summed E-state index contributed by atoms with van der Waals surface area (Å²) >= 11 is 12.8. The van der Waals surface area contributed by atoms with Crippen molar-refractivity contribution in [2.45, 2.75) is 58.1 Å². The maximum Gasteiger partial charge on any atom is 0.264 e. The van der Waals surface area contributed by atoms with Crippen molar-refractivity contribution in [1.29, 1.82) is 0 Å². The number of anilines is 1. The molecule has 0 bridgehead atoms. The first-order valence-corrected chi connectivity index (χ1v) is 14.7. The fraction of sp³-hybridized carbons (Fsp3) is 0.310. The minimum atomic E-state index is -4.14. The van der Waals surface area contributed by atoms with Gasteiger partial charge in [0.2, 0.25) is 11.8 Å². The summed E-state index contributed by atoms with van der Waals surface area (Å²) in [7, 11) is -4.14. The van der Waals surface area contributed by atoms with E-state index in [0.717, 1.165) is 9.87 Å². The first kappa shape index (κ1) is 30.5. The van der Waals surface area contributed by atoms with Gasteiger partial charge in [-0.2, -0.15) is 0 Å². The van der Waals surface area contributed by atoms with E-state index in [1.54, 1.807) is 68.4 Å². The highest BCUT2D eigenvalue weighted by molar-refractivity contribution is 7.92. The lowest BCUT2D eigenvalue weighted by Crippen LogP contribution is -2.52. The van der Waals surface area contributed by atoms with E-state index >= 15 is 0 Å². The number of para-hydroxylation sites is 1. The van der Waals surface area contributed by atoms with Gasteiger partial charge in [0, 0.05) is 28.2 Å². The summed E-state index contributed by atoms with van der Waals surface area (Å²) in [5.41, 5.74) is 2.40. The molecular weight excluding hydrogens is 557 g/mol. The van der Waals surface area contributed by atoms with Crippen LogP contribution in [0.3, 0.4) is 0 Å². The topological polar surface area (TPSA) is 86.8 Å². The SMILES string of the molecule is Cc1ccc(S(=O)(=O)N(CC(=O)N(Cc2c(Cl)cccc2Cl)[C@@H](C)C(=O)NC(C)C)c2ccccc2C)cc1. The average Bonchev–Trinajstić information content (AvgIpc) is 2.87. The molecule has 2 amide bonds. The largest absolute Gasteiger partial charge is 0.352 e. The van der Waals surface area contributed by atoms with Crippen LogP contribution in [0, 0.1) is 13.8 Å². The van der Waals surface area contributed by atoms with Gasteiger partial charge in [0.25, 0.3) is 10.0 Å². The average molecular weight is 591 g/mol. The molecule has 1 atom stereocenters. The van der Waals surface area contributed by atoms with Gasteiger partial charge >= 0.3 is 0 Å². The number of carbonyl (C=O) groups excluding carboxylic acids is 2. The summed E-state index contributed by atoms with van der Waals surface area (Å²) < 4.78 is 28.9. The predicted molar refractivity (Wildman–Crippen MR) is 157 cm³/mol. The molecule has 208 valence electrons. The van der Waals surface area contributed by atoms with E-state index in [9.17, 15) is 18.0 Å². The molecule has 10 heteroatoms. The zero-order valence-electron chi connectivity index (χ0n) is 22.6. The highest BCUT2D eigenvalue weighted by Gasteiger charge is 2.33. The highest BCUT2D eigenvalue weighted by atomic mass is 35.5. The van der Waals surface area contributed by atoms with Crippen LogP contribution in [0.1, 0.15) is 37.5 Å². The second kappa shape index (κ2) is 12.9. The van der Waals surface area contributed by atoms with E-state index in [0.29, 0.717) is 26.9 Å². The summed E-state index contributed by atoms with van der Waals surface area (Å²) in [6, 6.07) is 17.2. The molecule has 0 spiro atoms. The lowest BCUT2D eigenvalue weighted by molar-refractivity contribution is -0.139. The summed E-state index contributed by atoms with van der Waals surface area (Å²) in [4.78, 5) is 28.4. The molecule has 0 unspecified atom stereocenters. The van der Waals surface area contributed by atoms with Gasteiger partial charge in [-0.05, 0) is 70.5 Å². The summed E-state index contributed by atoms with van der Waals surface area (Å²) in [5.74, 6) is -0.971. The zero-order chi connectivity index (χ0) is 28.9. The Morgan fingerprint density at radius 3 is 2.03 bits per heavy atom. The lowest BCUT2D eigenvalue weighted by atomic mass is 10.1. The van der Waals surface area contributed by atoms with Gasteiger partial charge in [0.05, 0.1) is 10.6 Å². The van der Waals surface area contributed by atoms with E-state index in [1.165, 1.54) is 17.0 Å². The molecular formula is C29H33Cl2N3O4S. The Balaban J connectivity index is 2.08. The quantitative estimate of drug-likeness (QED) is 0.326. The molecule has 3 aromatic carbocycles. The molecule has 0 aliphatic carbocycles. The van der Waals surface area contributed by atoms with Gasteiger partial charge in [-0.25, -0.2) is 8.42 Å². The smallest absolute Gasteiger partial charge is 0.264 e. The second-order valence-electron chi connectivity index (χ2n) is 9.67. The molecule has 0 fully saturated rings. The number of rotatable bonds is 10. The van der Waals surface area contributed by atoms with Crippen LogP contribution in [-0.4, -0.2) is 43.8 Å². The van der Waals surface area contributed by atoms with Crippen molar-refractivity contribution in [2.24, 2.45) is 0 Å². The van der Waals surface area contributed by atoms with Crippen molar-refractivity contribution in [3.8, 4) is 0 Å². The standard InChI is InChI=1S/C29H33Cl2N3O4S/c1-19(2)32-29(36)22(5)33(17-24-25(30)10-8-11-26(24)31)28(35)18-34(27-12-7-6-9-21(27)4)39(37,38)23-15-13-20(3)14-16-23/h6-16,19,22H,17-18H2,1-5H3,(H,32,36)/t22-/m0/s1. The summed E-state index contributed by atoms with van der Waals surface area (Å²) in [6.07, 6.45) is 0. The van der Waals surface area contributed by atoms with E-state index in [-0.39, 0.29) is 23.4 Å². The van der Waals surface area contributed by atoms with Crippen molar-refractivity contribution >= 4 is 50.7 Å². The van der Waals surface area contributed by atoms with Crippen molar-refractivity contribution in [3.05, 3.63) is 93.5 Å². The van der Waals surface area contributed by atoms with Crippen LogP contribution in [0.4, 0.5) is 5.69 Å². The van der Waals surface area contributed by atoms with Crippen LogP contribution in [-0.2, 0) is 26.2 Å². The number of sulfonamides is 1. The maximum absolute atomic E-state index is 14.0. The number of amides is 2. The van der Waals surface area contributed by atoms with Gasteiger partial charge in [0.1, 0.15) is 12.6 Å². The maximum atomic E-state index is 14.0. The second-order valence-corrected chi connectivity index (χ2v) is 12.3. The Bertz CT molecular complexity index is 1420. The zero-order valence-corrected chi connectivity index (χ0v) is 24.9. The molecule has 0 heterocycles. The number of hydrogen-bond donors (Lipinski definition) is 1. The molecule has 0 aliphatic heterocycles. The Labute approximate surface area is 240 Å². The van der Waals surface area contributed by atoms with Crippen LogP contribution < -0.4 is 9.62 Å². The van der Waals surface area contributed by atoms with Crippen LogP contribution in [0.5, 0.6) is 0 Å². The van der Waals surface area contributed by atoms with Gasteiger partial charge < -0.3 is 10.2 Å². The Morgan fingerprint density at radius 2 is 1.46 bits per heavy atom. The minimum Gasteiger partial charge on any atom is -0.352 e. The van der Waals surface area contributed by atoms with E-state index in [4.69, 9.17) is 23.2 Å². The first-order valence-electron chi connectivity index (χ1n) is 12.5. The molecule has 3 aromatic rings. The number of carbonyl (C=O) groups is 2. The predicted octanol–water partition coefficient (Wildman–Crippen LogP) is 5.75. The normalized spacial score (nSPS) is 12.2. The Kier molecular flexibility index (Phi) is 10.0. The van der Waals surface area contributed by atoms with Crippen LogP contribution in [0.2, 0.25) is 10.0 Å². The third kappa shape index (κ3) is 7.32. The van der Waals surface area contributed by atoms with Crippen molar-refractivity contribution in [2.75, 3.05) is 10.8 Å². The molecule has 0 radical (unpaired) electrons. The highest BCUT2D eigenvalue weighted by Crippen LogP contribution is 2.29. The van der Waals surface area contributed by atoms with Gasteiger partial charge in [-0.1, -0.05) is 65.2 Å². The fourth-order valence-corrected chi connectivity index (χ4v) is 6.03. The van der Waals surface area contributed by atoms with Crippen molar-refractivity contribution in [1.82, 2.24) is 10.2 Å². The number of nitrogens with one attached hydrogen (secondary N) is 1. The van der Waals surface area contributed by atoms with Gasteiger partial charge in [-0.3, -0.25) is 13.9 Å². The number of halogens is 2. The molecule has 39 heavy (non-hydrogen) atoms. The molecule has 0 aromatic heterocycles. The van der Waals surface area contributed by atoms with Crippen LogP contribution in [0.25, 0.3) is 0 Å². The molecule has 0 saturated carbocycles. The van der Waals surface area contributed by atoms with Crippen molar-refractivity contribution in [3.63, 3.8) is 0 Å². The van der Waals surface area contributed by atoms with Crippen LogP contribution in [0.15, 0.2) is 71.6 Å². The summed E-state index contributed by atoms with van der Waals surface area (Å²) in [6.45, 7) is 8.23. The van der Waals surface area contributed by atoms with Gasteiger partial charge in [0.15, 0.2) is 0 Å². The molecule has 0 saturated heterocycles. The molecule has 0 aliphatic rings. The Hall–Kier alpha value is -3.07. The van der Waals surface area contributed by atoms with E-state index in [1.807, 2.05) is 20.8 Å². The third-order valence-electron chi connectivity index (χ3n) is 6.26. The molecule has 7 nitrogen and oxygen atoms in total. The monoisotopic (exact) mass is 589 g/mol. The minimum absolute atomic E-state index is 0.0513. The number of benzene rings is 3. The van der Waals surface area contributed by atoms with Crippen molar-refractivity contribution < 1.29 is 18.0 Å².